The topological polar surface area (TPSA) is 61.2 Å². The number of hydrogen-bond donors (Lipinski definition) is 1. The normalized spacial score (nSPS) is 17.5. The Morgan fingerprint density at radius 1 is 1.12 bits per heavy atom. The van der Waals surface area contributed by atoms with E-state index in [4.69, 9.17) is 14.5 Å². The van der Waals surface area contributed by atoms with E-state index in [9.17, 15) is 0 Å². The molecule has 2 aromatic heterocycles. The van der Waals surface area contributed by atoms with Gasteiger partial charge < -0.3 is 19.4 Å². The Bertz CT molecular complexity index is 885. The van der Waals surface area contributed by atoms with Crippen LogP contribution in [0.3, 0.4) is 0 Å². The van der Waals surface area contributed by atoms with Crippen LogP contribution in [0.15, 0.2) is 36.7 Å². The zero-order valence-corrected chi connectivity index (χ0v) is 13.2. The van der Waals surface area contributed by atoms with E-state index in [0.717, 1.165) is 59.9 Å². The number of nitrogens with one attached hydrogen (secondary N) is 1. The van der Waals surface area contributed by atoms with Gasteiger partial charge in [-0.3, -0.25) is 4.98 Å². The summed E-state index contributed by atoms with van der Waals surface area (Å²) in [7, 11) is 0. The van der Waals surface area contributed by atoms with Gasteiger partial charge in [-0.25, -0.2) is 4.98 Å². The summed E-state index contributed by atoms with van der Waals surface area (Å²) in [5, 5.41) is 3.43. The number of aromatic nitrogens is 3. The third-order valence-electron chi connectivity index (χ3n) is 4.78. The summed E-state index contributed by atoms with van der Waals surface area (Å²) in [5.41, 5.74) is 3.08. The Morgan fingerprint density at radius 3 is 2.75 bits per heavy atom. The predicted octanol–water partition coefficient (Wildman–Crippen LogP) is 2.75. The quantitative estimate of drug-likeness (QED) is 0.786. The lowest BCUT2D eigenvalue weighted by atomic mass is 10.1. The Hall–Kier alpha value is -2.60. The van der Waals surface area contributed by atoms with E-state index in [-0.39, 0.29) is 6.79 Å². The van der Waals surface area contributed by atoms with E-state index in [1.54, 1.807) is 6.20 Å². The number of pyridine rings is 1. The van der Waals surface area contributed by atoms with Gasteiger partial charge in [0, 0.05) is 36.1 Å². The zero-order chi connectivity index (χ0) is 15.9. The minimum atomic E-state index is 0.282. The lowest BCUT2D eigenvalue weighted by Gasteiger charge is -2.26. The van der Waals surface area contributed by atoms with Gasteiger partial charge in [-0.2, -0.15) is 0 Å². The van der Waals surface area contributed by atoms with Gasteiger partial charge in [-0.1, -0.05) is 0 Å². The molecular formula is C18H18N4O2. The monoisotopic (exact) mass is 322 g/mol. The Balaban J connectivity index is 1.74. The molecule has 3 aromatic rings. The van der Waals surface area contributed by atoms with E-state index in [1.165, 1.54) is 0 Å². The Morgan fingerprint density at radius 2 is 1.96 bits per heavy atom. The summed E-state index contributed by atoms with van der Waals surface area (Å²) in [6.07, 6.45) is 5.84. The second kappa shape index (κ2) is 5.49. The van der Waals surface area contributed by atoms with Gasteiger partial charge >= 0.3 is 0 Å². The summed E-state index contributed by atoms with van der Waals surface area (Å²) in [6.45, 7) is 2.34. The maximum absolute atomic E-state index is 5.58. The largest absolute Gasteiger partial charge is 0.454 e. The van der Waals surface area contributed by atoms with Gasteiger partial charge in [0.25, 0.3) is 0 Å². The number of benzene rings is 1. The van der Waals surface area contributed by atoms with Gasteiger partial charge in [0.05, 0.1) is 11.0 Å². The second-order valence-corrected chi connectivity index (χ2v) is 6.22. The van der Waals surface area contributed by atoms with Crippen molar-refractivity contribution >= 4 is 11.0 Å². The van der Waals surface area contributed by atoms with Gasteiger partial charge in [0.2, 0.25) is 6.79 Å². The maximum atomic E-state index is 5.58. The third kappa shape index (κ3) is 2.14. The molecule has 0 spiro atoms. The fourth-order valence-electron chi connectivity index (χ4n) is 3.62. The number of nitrogens with zero attached hydrogens (tertiary/aromatic N) is 3. The molecule has 1 N–H and O–H groups in total. The van der Waals surface area contributed by atoms with E-state index in [1.807, 2.05) is 18.3 Å². The van der Waals surface area contributed by atoms with Crippen LogP contribution < -0.4 is 14.8 Å². The lowest BCUT2D eigenvalue weighted by Crippen LogP contribution is -2.29. The van der Waals surface area contributed by atoms with Crippen molar-refractivity contribution in [2.75, 3.05) is 19.9 Å². The second-order valence-electron chi connectivity index (χ2n) is 6.22. The first kappa shape index (κ1) is 13.8. The highest BCUT2D eigenvalue weighted by Gasteiger charge is 2.25. The highest BCUT2D eigenvalue weighted by molar-refractivity contribution is 5.84. The number of rotatable bonds is 2. The molecule has 0 saturated carbocycles. The van der Waals surface area contributed by atoms with Gasteiger partial charge in [0.1, 0.15) is 5.82 Å². The van der Waals surface area contributed by atoms with E-state index >= 15 is 0 Å². The van der Waals surface area contributed by atoms with E-state index in [2.05, 4.69) is 27.0 Å². The molecule has 6 nitrogen and oxygen atoms in total. The summed E-state index contributed by atoms with van der Waals surface area (Å²) >= 11 is 0. The van der Waals surface area contributed by atoms with Crippen molar-refractivity contribution in [1.82, 2.24) is 19.9 Å². The third-order valence-corrected chi connectivity index (χ3v) is 4.78. The average molecular weight is 322 g/mol. The smallest absolute Gasteiger partial charge is 0.231 e. The molecule has 1 aromatic carbocycles. The molecule has 24 heavy (non-hydrogen) atoms. The van der Waals surface area contributed by atoms with Crippen LogP contribution in [-0.2, 0) is 0 Å². The molecule has 0 amide bonds. The SMILES string of the molecule is c1cncc(-c2nc3cc4c(cc3n2C2CCNCC2)OCO4)c1. The van der Waals surface area contributed by atoms with Gasteiger partial charge in [-0.05, 0) is 38.1 Å². The van der Waals surface area contributed by atoms with Crippen molar-refractivity contribution in [3.05, 3.63) is 36.7 Å². The van der Waals surface area contributed by atoms with Crippen molar-refractivity contribution < 1.29 is 9.47 Å². The average Bonchev–Trinajstić information content (AvgIpc) is 3.24. The zero-order valence-electron chi connectivity index (χ0n) is 13.2. The van der Waals surface area contributed by atoms with Crippen molar-refractivity contribution in [1.29, 1.82) is 0 Å². The van der Waals surface area contributed by atoms with E-state index in [0.29, 0.717) is 6.04 Å². The molecule has 0 aliphatic carbocycles. The summed E-state index contributed by atoms with van der Waals surface area (Å²) in [5.74, 6) is 2.54. The molecule has 2 aliphatic heterocycles. The van der Waals surface area contributed by atoms with Gasteiger partial charge in [0.15, 0.2) is 11.5 Å². The van der Waals surface area contributed by atoms with Crippen molar-refractivity contribution in [3.63, 3.8) is 0 Å². The summed E-state index contributed by atoms with van der Waals surface area (Å²) in [6, 6.07) is 8.48. The molecule has 1 saturated heterocycles. The Kier molecular flexibility index (Phi) is 3.16. The highest BCUT2D eigenvalue weighted by Crippen LogP contribution is 2.39. The number of fused-ring (bicyclic) bond motifs is 2. The molecule has 0 bridgehead atoms. The Labute approximate surface area is 139 Å². The number of piperidine rings is 1. The molecule has 0 atom stereocenters. The standard InChI is InChI=1S/C18H18N4O2/c1-2-12(10-20-5-1)18-21-14-8-16-17(24-11-23-16)9-15(14)22(18)13-3-6-19-7-4-13/h1-2,5,8-10,13,19H,3-4,6-7,11H2. The fourth-order valence-corrected chi connectivity index (χ4v) is 3.62. The molecule has 6 heteroatoms. The molecule has 0 unspecified atom stereocenters. The summed E-state index contributed by atoms with van der Waals surface area (Å²) in [4.78, 5) is 9.17. The first-order valence-corrected chi connectivity index (χ1v) is 8.33. The van der Waals surface area contributed by atoms with Crippen molar-refractivity contribution in [3.8, 4) is 22.9 Å². The molecular weight excluding hydrogens is 304 g/mol. The molecule has 5 rings (SSSR count). The van der Waals surface area contributed by atoms with Crippen LogP contribution in [0.2, 0.25) is 0 Å². The van der Waals surface area contributed by atoms with Gasteiger partial charge in [-0.15, -0.1) is 0 Å². The van der Waals surface area contributed by atoms with Crippen LogP contribution >= 0.6 is 0 Å². The molecule has 0 radical (unpaired) electrons. The highest BCUT2D eigenvalue weighted by atomic mass is 16.7. The summed E-state index contributed by atoms with van der Waals surface area (Å²) < 4.78 is 13.4. The van der Waals surface area contributed by atoms with Crippen LogP contribution in [-0.4, -0.2) is 34.4 Å². The lowest BCUT2D eigenvalue weighted by molar-refractivity contribution is 0.174. The van der Waals surface area contributed by atoms with E-state index < -0.39 is 0 Å². The molecule has 1 fully saturated rings. The maximum Gasteiger partial charge on any atom is 0.231 e. The minimum absolute atomic E-state index is 0.282. The van der Waals surface area contributed by atoms with Crippen LogP contribution in [0.5, 0.6) is 11.5 Å². The molecule has 122 valence electrons. The number of hydrogen-bond acceptors (Lipinski definition) is 5. The van der Waals surface area contributed by atoms with Crippen LogP contribution in [0.4, 0.5) is 0 Å². The van der Waals surface area contributed by atoms with Crippen LogP contribution in [0, 0.1) is 0 Å². The fraction of sp³-hybridized carbons (Fsp3) is 0.333. The van der Waals surface area contributed by atoms with Crippen molar-refractivity contribution in [2.24, 2.45) is 0 Å². The first-order valence-electron chi connectivity index (χ1n) is 8.33. The van der Waals surface area contributed by atoms with Crippen molar-refractivity contribution in [2.45, 2.75) is 18.9 Å². The van der Waals surface area contributed by atoms with Crippen LogP contribution in [0.1, 0.15) is 18.9 Å². The van der Waals surface area contributed by atoms with Crippen LogP contribution in [0.25, 0.3) is 22.4 Å². The number of ether oxygens (including phenoxy) is 2. The molecule has 2 aliphatic rings. The predicted molar refractivity (Wildman–Crippen MR) is 90.2 cm³/mol. The first-order chi connectivity index (χ1) is 11.9. The minimum Gasteiger partial charge on any atom is -0.454 e. The number of imidazole rings is 1. The molecule has 4 heterocycles.